The van der Waals surface area contributed by atoms with E-state index >= 15 is 0 Å². The molecule has 154 valence electrons. The zero-order valence-electron chi connectivity index (χ0n) is 14.9. The topological polar surface area (TPSA) is 69.7 Å². The highest BCUT2D eigenvalue weighted by Gasteiger charge is 2.29. The predicted octanol–water partition coefficient (Wildman–Crippen LogP) is 4.40. The first kappa shape index (κ1) is 20.6. The summed E-state index contributed by atoms with van der Waals surface area (Å²) in [6, 6.07) is 8.12. The van der Waals surface area contributed by atoms with Gasteiger partial charge in [-0.2, -0.15) is 13.2 Å². The molecular formula is C18H14F4N2O4S. The lowest BCUT2D eigenvalue weighted by atomic mass is 10.3. The number of anilines is 1. The minimum Gasteiger partial charge on any atom is -0.494 e. The summed E-state index contributed by atoms with van der Waals surface area (Å²) >= 11 is 1.04. The molecule has 0 aliphatic rings. The molecule has 0 saturated carbocycles. The Morgan fingerprint density at radius 1 is 1.14 bits per heavy atom. The van der Waals surface area contributed by atoms with E-state index in [2.05, 4.69) is 15.0 Å². The fourth-order valence-electron chi connectivity index (χ4n) is 2.32. The number of halogens is 4. The number of aromatic nitrogens is 1. The van der Waals surface area contributed by atoms with Crippen molar-refractivity contribution in [2.75, 3.05) is 25.6 Å². The lowest BCUT2D eigenvalue weighted by Crippen LogP contribution is -2.21. The molecular weight excluding hydrogens is 416 g/mol. The number of carbonyl (C=O) groups is 1. The van der Waals surface area contributed by atoms with Gasteiger partial charge in [0.15, 0.2) is 29.8 Å². The monoisotopic (exact) mass is 430 g/mol. The van der Waals surface area contributed by atoms with Gasteiger partial charge in [-0.15, -0.1) is 0 Å². The zero-order valence-corrected chi connectivity index (χ0v) is 15.7. The molecule has 1 amide bonds. The Hall–Kier alpha value is -3.08. The first-order chi connectivity index (χ1) is 13.7. The summed E-state index contributed by atoms with van der Waals surface area (Å²) in [7, 11) is 1.37. The van der Waals surface area contributed by atoms with Gasteiger partial charge < -0.3 is 14.2 Å². The summed E-state index contributed by atoms with van der Waals surface area (Å²) in [6.45, 7) is -1.97. The van der Waals surface area contributed by atoms with E-state index in [9.17, 15) is 22.4 Å². The minimum atomic E-state index is -4.50. The van der Waals surface area contributed by atoms with Gasteiger partial charge in [-0.25, -0.2) is 9.37 Å². The number of hydrogen-bond donors (Lipinski definition) is 1. The number of nitrogens with one attached hydrogen (secondary N) is 1. The van der Waals surface area contributed by atoms with Gasteiger partial charge in [0.2, 0.25) is 0 Å². The Balaban J connectivity index is 1.64. The van der Waals surface area contributed by atoms with E-state index in [1.165, 1.54) is 43.5 Å². The fourth-order valence-corrected chi connectivity index (χ4v) is 3.25. The zero-order chi connectivity index (χ0) is 21.0. The maximum Gasteiger partial charge on any atom is 0.422 e. The molecule has 0 unspecified atom stereocenters. The third kappa shape index (κ3) is 5.47. The van der Waals surface area contributed by atoms with Gasteiger partial charge in [0.1, 0.15) is 17.1 Å². The van der Waals surface area contributed by atoms with Crippen LogP contribution in [0.3, 0.4) is 0 Å². The van der Waals surface area contributed by atoms with E-state index in [4.69, 9.17) is 9.47 Å². The summed E-state index contributed by atoms with van der Waals surface area (Å²) in [5.41, 5.74) is 0.390. The second-order valence-electron chi connectivity index (χ2n) is 5.66. The highest BCUT2D eigenvalue weighted by Crippen LogP contribution is 2.33. The molecule has 0 radical (unpaired) electrons. The van der Waals surface area contributed by atoms with E-state index < -0.39 is 31.1 Å². The second-order valence-corrected chi connectivity index (χ2v) is 6.69. The van der Waals surface area contributed by atoms with E-state index in [0.29, 0.717) is 10.2 Å². The summed E-state index contributed by atoms with van der Waals surface area (Å²) < 4.78 is 66.0. The average molecular weight is 430 g/mol. The SMILES string of the molecule is COc1cc(F)cc2sc(NC(=O)COc3ccccc3OCC(F)(F)F)nc12. The minimum absolute atomic E-state index is 0.0139. The number of ether oxygens (including phenoxy) is 3. The first-order valence-corrected chi connectivity index (χ1v) is 8.92. The van der Waals surface area contributed by atoms with Crippen molar-refractivity contribution in [1.82, 2.24) is 4.98 Å². The number of alkyl halides is 3. The lowest BCUT2D eigenvalue weighted by Gasteiger charge is -2.13. The number of carbonyl (C=O) groups excluding carboxylic acids is 1. The van der Waals surface area contributed by atoms with Crippen molar-refractivity contribution in [3.05, 3.63) is 42.2 Å². The van der Waals surface area contributed by atoms with Crippen LogP contribution in [0.4, 0.5) is 22.7 Å². The standard InChI is InChI=1S/C18H14F4N2O4S/c1-26-13-6-10(19)7-14-16(13)24-17(29-14)23-15(25)8-27-11-4-2-3-5-12(11)28-9-18(20,21)22/h2-7H,8-9H2,1H3,(H,23,24,25). The number of benzene rings is 2. The molecule has 0 spiro atoms. The molecule has 0 atom stereocenters. The van der Waals surface area contributed by atoms with E-state index in [1.54, 1.807) is 0 Å². The average Bonchev–Trinajstić information content (AvgIpc) is 3.06. The normalized spacial score (nSPS) is 11.3. The molecule has 3 rings (SSSR count). The molecule has 6 nitrogen and oxygen atoms in total. The van der Waals surface area contributed by atoms with Crippen LogP contribution in [-0.4, -0.2) is 37.4 Å². The van der Waals surface area contributed by atoms with Gasteiger partial charge in [0.25, 0.3) is 5.91 Å². The van der Waals surface area contributed by atoms with Gasteiger partial charge in [0, 0.05) is 6.07 Å². The molecule has 0 aliphatic heterocycles. The molecule has 1 N–H and O–H groups in total. The van der Waals surface area contributed by atoms with Crippen LogP contribution >= 0.6 is 11.3 Å². The van der Waals surface area contributed by atoms with Crippen LogP contribution in [0.5, 0.6) is 17.2 Å². The molecule has 0 saturated heterocycles. The van der Waals surface area contributed by atoms with Gasteiger partial charge in [-0.05, 0) is 18.2 Å². The summed E-state index contributed by atoms with van der Waals surface area (Å²) in [4.78, 5) is 16.3. The lowest BCUT2D eigenvalue weighted by molar-refractivity contribution is -0.153. The molecule has 0 fully saturated rings. The maximum atomic E-state index is 13.5. The second kappa shape index (κ2) is 8.52. The van der Waals surface area contributed by atoms with E-state index in [0.717, 1.165) is 11.3 Å². The van der Waals surface area contributed by atoms with Crippen molar-refractivity contribution in [2.45, 2.75) is 6.18 Å². The molecule has 1 aromatic heterocycles. The molecule has 11 heteroatoms. The Labute approximate surface area is 166 Å². The van der Waals surface area contributed by atoms with Gasteiger partial charge in [-0.1, -0.05) is 23.5 Å². The van der Waals surface area contributed by atoms with Crippen molar-refractivity contribution in [1.29, 1.82) is 0 Å². The number of rotatable bonds is 7. The molecule has 1 heterocycles. The summed E-state index contributed by atoms with van der Waals surface area (Å²) in [6.07, 6.45) is -4.50. The van der Waals surface area contributed by atoms with Crippen molar-refractivity contribution < 1.29 is 36.6 Å². The summed E-state index contributed by atoms with van der Waals surface area (Å²) in [5.74, 6) is -1.04. The highest BCUT2D eigenvalue weighted by molar-refractivity contribution is 7.22. The molecule has 0 aliphatic carbocycles. The van der Waals surface area contributed by atoms with Gasteiger partial charge in [-0.3, -0.25) is 10.1 Å². The van der Waals surface area contributed by atoms with Crippen LogP contribution in [0.25, 0.3) is 10.2 Å². The van der Waals surface area contributed by atoms with Crippen molar-refractivity contribution in [3.8, 4) is 17.2 Å². The third-order valence-corrected chi connectivity index (χ3v) is 4.41. The van der Waals surface area contributed by atoms with Crippen LogP contribution in [-0.2, 0) is 4.79 Å². The first-order valence-electron chi connectivity index (χ1n) is 8.10. The van der Waals surface area contributed by atoms with Gasteiger partial charge >= 0.3 is 6.18 Å². The maximum absolute atomic E-state index is 13.5. The number of thiazole rings is 1. The fraction of sp³-hybridized carbons (Fsp3) is 0.222. The van der Waals surface area contributed by atoms with Crippen molar-refractivity contribution >= 4 is 32.6 Å². The quantitative estimate of drug-likeness (QED) is 0.563. The Morgan fingerprint density at radius 2 is 1.83 bits per heavy atom. The number of methoxy groups -OCH3 is 1. The van der Waals surface area contributed by atoms with E-state index in [-0.39, 0.29) is 22.4 Å². The van der Waals surface area contributed by atoms with Crippen molar-refractivity contribution in [3.63, 3.8) is 0 Å². The number of nitrogens with zero attached hydrogens (tertiary/aromatic N) is 1. The number of fused-ring (bicyclic) bond motifs is 1. The summed E-state index contributed by atoms with van der Waals surface area (Å²) in [5, 5.41) is 2.69. The van der Waals surface area contributed by atoms with Crippen LogP contribution in [0, 0.1) is 5.82 Å². The molecule has 2 aromatic carbocycles. The largest absolute Gasteiger partial charge is 0.494 e. The van der Waals surface area contributed by atoms with Crippen LogP contribution < -0.4 is 19.5 Å². The van der Waals surface area contributed by atoms with Gasteiger partial charge in [0.05, 0.1) is 11.8 Å². The van der Waals surface area contributed by atoms with E-state index in [1.807, 2.05) is 0 Å². The van der Waals surface area contributed by atoms with Crippen molar-refractivity contribution in [2.24, 2.45) is 0 Å². The Kier molecular flexibility index (Phi) is 6.06. The Bertz CT molecular complexity index is 1020. The number of para-hydroxylation sites is 2. The smallest absolute Gasteiger partial charge is 0.422 e. The molecule has 3 aromatic rings. The molecule has 29 heavy (non-hydrogen) atoms. The Morgan fingerprint density at radius 3 is 2.48 bits per heavy atom. The molecule has 0 bridgehead atoms. The van der Waals surface area contributed by atoms with Crippen LogP contribution in [0.2, 0.25) is 0 Å². The predicted molar refractivity (Wildman–Crippen MR) is 98.2 cm³/mol. The highest BCUT2D eigenvalue weighted by atomic mass is 32.1. The number of hydrogen-bond acceptors (Lipinski definition) is 6. The third-order valence-electron chi connectivity index (χ3n) is 3.49. The van der Waals surface area contributed by atoms with Crippen LogP contribution in [0.1, 0.15) is 0 Å². The van der Waals surface area contributed by atoms with Crippen LogP contribution in [0.15, 0.2) is 36.4 Å². The number of amides is 1.